The van der Waals surface area contributed by atoms with E-state index in [1.54, 1.807) is 0 Å². The van der Waals surface area contributed by atoms with Gasteiger partial charge in [0.1, 0.15) is 0 Å². The summed E-state index contributed by atoms with van der Waals surface area (Å²) < 4.78 is 23.4. The van der Waals surface area contributed by atoms with Crippen LogP contribution in [0, 0.1) is 0 Å². The predicted octanol–water partition coefficient (Wildman–Crippen LogP) is -0.583. The first-order valence-corrected chi connectivity index (χ1v) is 5.70. The topological polar surface area (TPSA) is 150 Å². The van der Waals surface area contributed by atoms with Gasteiger partial charge >= 0.3 is 12.1 Å². The molecule has 4 amide bonds. The summed E-state index contributed by atoms with van der Waals surface area (Å²) in [7, 11) is -4.39. The van der Waals surface area contributed by atoms with Crippen LogP contribution in [0.4, 0.5) is 15.3 Å². The van der Waals surface area contributed by atoms with Crippen molar-refractivity contribution >= 4 is 27.8 Å². The van der Waals surface area contributed by atoms with Crippen molar-refractivity contribution in [2.24, 2.45) is 11.5 Å². The van der Waals surface area contributed by atoms with Crippen molar-refractivity contribution in [3.63, 3.8) is 0 Å². The van der Waals surface area contributed by atoms with Crippen LogP contribution in [0.1, 0.15) is 0 Å². The molecule has 0 spiro atoms. The van der Waals surface area contributed by atoms with Crippen LogP contribution in [0.25, 0.3) is 0 Å². The molecule has 0 saturated heterocycles. The van der Waals surface area contributed by atoms with Gasteiger partial charge in [-0.3, -0.25) is 0 Å². The molecule has 0 aliphatic rings. The number of primary amides is 2. The number of benzene rings is 1. The molecule has 92 valence electrons. The van der Waals surface area contributed by atoms with Gasteiger partial charge in [0.2, 0.25) is 0 Å². The van der Waals surface area contributed by atoms with E-state index in [0.717, 1.165) is 12.1 Å². The number of carbonyl (C=O) groups is 2. The number of sulfonamides is 1. The Labute approximate surface area is 97.0 Å². The summed E-state index contributed by atoms with van der Waals surface area (Å²) in [5, 5.41) is 0. The fraction of sp³-hybridized carbons (Fsp3) is 0. The first-order chi connectivity index (χ1) is 7.76. The van der Waals surface area contributed by atoms with Gasteiger partial charge in [-0.05, 0) is 24.3 Å². The number of anilines is 1. The Morgan fingerprint density at radius 1 is 1.00 bits per heavy atom. The lowest BCUT2D eigenvalue weighted by molar-refractivity contribution is 0.218. The number of imide groups is 1. The van der Waals surface area contributed by atoms with E-state index in [1.165, 1.54) is 12.1 Å². The largest absolute Gasteiger partial charge is 0.399 e. The molecular formula is C8H10N4O4S. The van der Waals surface area contributed by atoms with Gasteiger partial charge in [-0.1, -0.05) is 0 Å². The van der Waals surface area contributed by atoms with Gasteiger partial charge in [-0.15, -0.1) is 4.31 Å². The third-order valence-electron chi connectivity index (χ3n) is 1.82. The molecule has 9 heteroatoms. The number of amides is 4. The van der Waals surface area contributed by atoms with E-state index in [2.05, 4.69) is 0 Å². The summed E-state index contributed by atoms with van der Waals surface area (Å²) in [6, 6.07) is 1.90. The van der Waals surface area contributed by atoms with Gasteiger partial charge in [-0.25, -0.2) is 18.0 Å². The predicted molar refractivity (Wildman–Crippen MR) is 59.0 cm³/mol. The molecule has 0 radical (unpaired) electrons. The second-order valence-corrected chi connectivity index (χ2v) is 4.80. The average molecular weight is 258 g/mol. The molecule has 6 N–H and O–H groups in total. The first-order valence-electron chi connectivity index (χ1n) is 4.26. The van der Waals surface area contributed by atoms with Gasteiger partial charge in [0.25, 0.3) is 10.0 Å². The summed E-state index contributed by atoms with van der Waals surface area (Å²) in [6.45, 7) is 0. The molecule has 0 bridgehead atoms. The number of nitrogens with zero attached hydrogens (tertiary/aromatic N) is 1. The van der Waals surface area contributed by atoms with E-state index in [1.807, 2.05) is 0 Å². The van der Waals surface area contributed by atoms with E-state index in [-0.39, 0.29) is 9.20 Å². The molecule has 1 rings (SSSR count). The van der Waals surface area contributed by atoms with E-state index in [0.29, 0.717) is 5.69 Å². The summed E-state index contributed by atoms with van der Waals surface area (Å²) in [5.41, 5.74) is 15.2. The average Bonchev–Trinajstić information content (AvgIpc) is 2.16. The van der Waals surface area contributed by atoms with Crippen LogP contribution in [0.3, 0.4) is 0 Å². The molecule has 0 aromatic heterocycles. The van der Waals surface area contributed by atoms with Crippen LogP contribution < -0.4 is 17.2 Å². The maximum absolute atomic E-state index is 11.8. The first kappa shape index (κ1) is 12.8. The van der Waals surface area contributed by atoms with Crippen LogP contribution in [-0.4, -0.2) is 24.8 Å². The van der Waals surface area contributed by atoms with Crippen molar-refractivity contribution in [2.45, 2.75) is 4.90 Å². The maximum Gasteiger partial charge on any atom is 0.337 e. The summed E-state index contributed by atoms with van der Waals surface area (Å²) in [4.78, 5) is 21.4. The molecule has 0 saturated carbocycles. The standard InChI is InChI=1S/C8H10N4O4S/c9-5-1-3-6(4-2-5)17(15,16)12(7(10)13)8(11)14/h1-4H,9H2,(H2,10,13)(H2,11,14). The number of urea groups is 2. The smallest absolute Gasteiger partial charge is 0.337 e. The van der Waals surface area contributed by atoms with Crippen LogP contribution >= 0.6 is 0 Å². The Morgan fingerprint density at radius 3 is 1.76 bits per heavy atom. The normalized spacial score (nSPS) is 10.8. The highest BCUT2D eigenvalue weighted by atomic mass is 32.2. The summed E-state index contributed by atoms with van der Waals surface area (Å²) in [5.74, 6) is 0. The third kappa shape index (κ3) is 2.45. The van der Waals surface area contributed by atoms with Crippen molar-refractivity contribution < 1.29 is 18.0 Å². The zero-order valence-electron chi connectivity index (χ0n) is 8.53. The molecule has 1 aromatic carbocycles. The summed E-state index contributed by atoms with van der Waals surface area (Å²) >= 11 is 0. The van der Waals surface area contributed by atoms with Crippen molar-refractivity contribution in [2.75, 3.05) is 5.73 Å². The molecule has 0 heterocycles. The number of carbonyl (C=O) groups excluding carboxylic acids is 2. The highest BCUT2D eigenvalue weighted by Crippen LogP contribution is 2.16. The second kappa shape index (κ2) is 4.29. The minimum atomic E-state index is -4.39. The van der Waals surface area contributed by atoms with E-state index >= 15 is 0 Å². The highest BCUT2D eigenvalue weighted by Gasteiger charge is 2.32. The molecule has 0 unspecified atom stereocenters. The molecule has 8 nitrogen and oxygen atoms in total. The van der Waals surface area contributed by atoms with Crippen molar-refractivity contribution in [3.8, 4) is 0 Å². The van der Waals surface area contributed by atoms with Crippen LogP contribution in [0.5, 0.6) is 0 Å². The molecule has 0 aliphatic heterocycles. The zero-order valence-corrected chi connectivity index (χ0v) is 9.35. The number of rotatable bonds is 2. The molecular weight excluding hydrogens is 248 g/mol. The lowest BCUT2D eigenvalue weighted by atomic mass is 10.3. The van der Waals surface area contributed by atoms with Crippen molar-refractivity contribution in [3.05, 3.63) is 24.3 Å². The molecule has 0 fully saturated rings. The number of nitrogen functional groups attached to an aromatic ring is 1. The number of hydrogen-bond donors (Lipinski definition) is 3. The fourth-order valence-electron chi connectivity index (χ4n) is 1.09. The maximum atomic E-state index is 11.8. The van der Waals surface area contributed by atoms with E-state index in [9.17, 15) is 18.0 Å². The Balaban J connectivity index is 3.31. The lowest BCUT2D eigenvalue weighted by Crippen LogP contribution is -2.47. The lowest BCUT2D eigenvalue weighted by Gasteiger charge is -2.15. The number of hydrogen-bond acceptors (Lipinski definition) is 5. The second-order valence-electron chi connectivity index (χ2n) is 3.01. The quantitative estimate of drug-likeness (QED) is 0.606. The molecule has 1 aromatic rings. The van der Waals surface area contributed by atoms with E-state index in [4.69, 9.17) is 17.2 Å². The van der Waals surface area contributed by atoms with Gasteiger partial charge in [0.05, 0.1) is 4.90 Å². The fourth-order valence-corrected chi connectivity index (χ4v) is 2.26. The van der Waals surface area contributed by atoms with Crippen molar-refractivity contribution in [1.82, 2.24) is 4.31 Å². The summed E-state index contributed by atoms with van der Waals surface area (Å²) in [6.07, 6.45) is 0. The SMILES string of the molecule is NC(=O)N(C(N)=O)S(=O)(=O)c1ccc(N)cc1. The van der Waals surface area contributed by atoms with Gasteiger partial charge in [0, 0.05) is 5.69 Å². The molecule has 0 aliphatic carbocycles. The third-order valence-corrected chi connectivity index (χ3v) is 3.53. The molecule has 17 heavy (non-hydrogen) atoms. The monoisotopic (exact) mass is 258 g/mol. The Bertz CT molecular complexity index is 537. The van der Waals surface area contributed by atoms with Crippen LogP contribution in [0.15, 0.2) is 29.2 Å². The van der Waals surface area contributed by atoms with Crippen LogP contribution in [-0.2, 0) is 10.0 Å². The minimum absolute atomic E-state index is 0.224. The van der Waals surface area contributed by atoms with Gasteiger partial charge < -0.3 is 17.2 Å². The number of nitrogens with two attached hydrogens (primary N) is 3. The van der Waals surface area contributed by atoms with E-state index < -0.39 is 22.1 Å². The molecule has 0 atom stereocenters. The Kier molecular flexibility index (Phi) is 3.23. The van der Waals surface area contributed by atoms with Crippen molar-refractivity contribution in [1.29, 1.82) is 0 Å². The van der Waals surface area contributed by atoms with Gasteiger partial charge in [0.15, 0.2) is 0 Å². The van der Waals surface area contributed by atoms with Crippen LogP contribution in [0.2, 0.25) is 0 Å². The Hall–Kier alpha value is -2.29. The highest BCUT2D eigenvalue weighted by molar-refractivity contribution is 7.90. The minimum Gasteiger partial charge on any atom is -0.399 e. The van der Waals surface area contributed by atoms with Gasteiger partial charge in [-0.2, -0.15) is 0 Å². The zero-order chi connectivity index (χ0) is 13.2. The Morgan fingerprint density at radius 2 is 1.41 bits per heavy atom.